The predicted molar refractivity (Wildman–Crippen MR) is 149 cm³/mol. The first-order valence-electron chi connectivity index (χ1n) is 13.6. The first-order chi connectivity index (χ1) is 18.4. The molecule has 0 heterocycles. The third-order valence-electron chi connectivity index (χ3n) is 7.36. The van der Waals surface area contributed by atoms with Crippen LogP contribution < -0.4 is 5.32 Å². The van der Waals surface area contributed by atoms with E-state index in [1.54, 1.807) is 0 Å². The molecule has 2 amide bonds. The van der Waals surface area contributed by atoms with Gasteiger partial charge in [-0.15, -0.1) is 0 Å². The number of ketones is 1. The highest BCUT2D eigenvalue weighted by Gasteiger charge is 2.35. The molecule has 0 aliphatic heterocycles. The van der Waals surface area contributed by atoms with E-state index in [2.05, 4.69) is 17.4 Å². The van der Waals surface area contributed by atoms with E-state index < -0.39 is 36.0 Å². The van der Waals surface area contributed by atoms with Gasteiger partial charge in [0.05, 0.1) is 12.0 Å². The number of nitrogens with one attached hydrogen (secondary N) is 1. The first-order valence-corrected chi connectivity index (χ1v) is 13.6. The highest BCUT2D eigenvalue weighted by Crippen LogP contribution is 2.44. The SMILES string of the molecule is CC(C)C[C@@H](C(=O)C[C@@H](C)C(=O)O)N(C)C(=O)[C@@H](NC(=O)OCC1c2ccccc2-c2ccccc21)C(C)C. The number of alkyl carbamates (subject to hydrolysis) is 1. The molecule has 0 aromatic heterocycles. The van der Waals surface area contributed by atoms with Crippen molar-refractivity contribution >= 4 is 23.8 Å². The Bertz CT molecular complexity index is 1160. The van der Waals surface area contributed by atoms with Gasteiger partial charge in [-0.05, 0) is 40.5 Å². The van der Waals surface area contributed by atoms with Gasteiger partial charge in [-0.1, -0.05) is 83.1 Å². The van der Waals surface area contributed by atoms with Crippen LogP contribution in [0.5, 0.6) is 0 Å². The molecule has 0 saturated heterocycles. The van der Waals surface area contributed by atoms with Gasteiger partial charge in [0, 0.05) is 19.4 Å². The quantitative estimate of drug-likeness (QED) is 0.390. The number of likely N-dealkylation sites (N-methyl/N-ethyl adjacent to an activating group) is 1. The van der Waals surface area contributed by atoms with Gasteiger partial charge >= 0.3 is 12.1 Å². The van der Waals surface area contributed by atoms with Crippen LogP contribution in [-0.2, 0) is 19.1 Å². The van der Waals surface area contributed by atoms with E-state index in [4.69, 9.17) is 4.74 Å². The zero-order valence-electron chi connectivity index (χ0n) is 23.6. The molecule has 0 spiro atoms. The fraction of sp³-hybridized carbons (Fsp3) is 0.484. The van der Waals surface area contributed by atoms with Gasteiger partial charge in [0.2, 0.25) is 5.91 Å². The second-order valence-corrected chi connectivity index (χ2v) is 11.2. The Kier molecular flexibility index (Phi) is 9.89. The minimum Gasteiger partial charge on any atom is -0.481 e. The molecule has 8 nitrogen and oxygen atoms in total. The molecule has 2 N–H and O–H groups in total. The maximum absolute atomic E-state index is 13.5. The van der Waals surface area contributed by atoms with Crippen LogP contribution in [0, 0.1) is 17.8 Å². The molecule has 39 heavy (non-hydrogen) atoms. The number of nitrogens with zero attached hydrogens (tertiary/aromatic N) is 1. The number of benzene rings is 2. The normalized spacial score (nSPS) is 14.8. The fourth-order valence-electron chi connectivity index (χ4n) is 5.13. The van der Waals surface area contributed by atoms with E-state index in [9.17, 15) is 24.3 Å². The number of ether oxygens (including phenoxy) is 1. The van der Waals surface area contributed by atoms with Crippen molar-refractivity contribution in [3.05, 3.63) is 59.7 Å². The van der Waals surface area contributed by atoms with Crippen LogP contribution in [0.2, 0.25) is 0 Å². The average Bonchev–Trinajstić information content (AvgIpc) is 3.21. The summed E-state index contributed by atoms with van der Waals surface area (Å²) in [6.07, 6.45) is -0.483. The van der Waals surface area contributed by atoms with Crippen LogP contribution in [-0.4, -0.2) is 59.5 Å². The summed E-state index contributed by atoms with van der Waals surface area (Å²) >= 11 is 0. The number of rotatable bonds is 12. The van der Waals surface area contributed by atoms with E-state index in [0.717, 1.165) is 22.3 Å². The van der Waals surface area contributed by atoms with Crippen molar-refractivity contribution in [3.63, 3.8) is 0 Å². The number of Topliss-reactive ketones (excluding diaryl/α,β-unsaturated/α-hetero) is 1. The predicted octanol–water partition coefficient (Wildman–Crippen LogP) is 5.10. The summed E-state index contributed by atoms with van der Waals surface area (Å²) in [7, 11) is 1.54. The summed E-state index contributed by atoms with van der Waals surface area (Å²) in [5.41, 5.74) is 4.43. The molecule has 0 saturated carbocycles. The zero-order valence-corrected chi connectivity index (χ0v) is 23.6. The molecule has 3 rings (SSSR count). The maximum Gasteiger partial charge on any atom is 0.407 e. The van der Waals surface area contributed by atoms with E-state index >= 15 is 0 Å². The number of fused-ring (bicyclic) bond motifs is 3. The Morgan fingerprint density at radius 2 is 1.46 bits per heavy atom. The number of amides is 2. The number of carboxylic acids is 1. The van der Waals surface area contributed by atoms with Crippen LogP contribution in [0.15, 0.2) is 48.5 Å². The van der Waals surface area contributed by atoms with Gasteiger partial charge in [-0.25, -0.2) is 4.79 Å². The number of carbonyl (C=O) groups is 4. The van der Waals surface area contributed by atoms with E-state index in [1.807, 2.05) is 64.1 Å². The fourth-order valence-corrected chi connectivity index (χ4v) is 5.13. The van der Waals surface area contributed by atoms with Gasteiger partial charge in [-0.3, -0.25) is 14.4 Å². The van der Waals surface area contributed by atoms with Crippen molar-refractivity contribution in [1.82, 2.24) is 10.2 Å². The molecule has 1 aliphatic carbocycles. The smallest absolute Gasteiger partial charge is 0.407 e. The van der Waals surface area contributed by atoms with Crippen LogP contribution in [0.25, 0.3) is 11.1 Å². The average molecular weight is 537 g/mol. The van der Waals surface area contributed by atoms with Gasteiger partial charge < -0.3 is 20.1 Å². The topological polar surface area (TPSA) is 113 Å². The largest absolute Gasteiger partial charge is 0.481 e. The van der Waals surface area contributed by atoms with Crippen LogP contribution in [0.3, 0.4) is 0 Å². The van der Waals surface area contributed by atoms with Crippen molar-refractivity contribution in [2.75, 3.05) is 13.7 Å². The lowest BCUT2D eigenvalue weighted by atomic mass is 9.92. The molecule has 0 unspecified atom stereocenters. The first kappa shape index (κ1) is 29.9. The molecule has 1 aliphatic rings. The number of aliphatic carboxylic acids is 1. The summed E-state index contributed by atoms with van der Waals surface area (Å²) in [4.78, 5) is 52.2. The molecule has 3 atom stereocenters. The monoisotopic (exact) mass is 536 g/mol. The van der Waals surface area contributed by atoms with E-state index in [0.29, 0.717) is 6.42 Å². The summed E-state index contributed by atoms with van der Waals surface area (Å²) < 4.78 is 5.65. The van der Waals surface area contributed by atoms with Gasteiger partial charge in [-0.2, -0.15) is 0 Å². The van der Waals surface area contributed by atoms with Crippen LogP contribution in [0.1, 0.15) is 64.5 Å². The van der Waals surface area contributed by atoms with Crippen molar-refractivity contribution in [1.29, 1.82) is 0 Å². The van der Waals surface area contributed by atoms with Crippen molar-refractivity contribution in [3.8, 4) is 11.1 Å². The standard InChI is InChI=1S/C31H40N2O6/c1-18(2)15-26(27(34)16-20(5)30(36)37)33(6)29(35)28(19(3)4)32-31(38)39-17-25-23-13-9-7-11-21(23)22-12-8-10-14-24(22)25/h7-14,18-20,25-26,28H,15-17H2,1-6H3,(H,32,38)(H,36,37)/t20-,26+,28+/m1/s1. The van der Waals surface area contributed by atoms with Crippen LogP contribution >= 0.6 is 0 Å². The van der Waals surface area contributed by atoms with Crippen molar-refractivity contribution in [2.24, 2.45) is 17.8 Å². The van der Waals surface area contributed by atoms with Gasteiger partial charge in [0.25, 0.3) is 0 Å². The molecule has 2 aromatic carbocycles. The third-order valence-corrected chi connectivity index (χ3v) is 7.36. The Hall–Kier alpha value is -3.68. The zero-order chi connectivity index (χ0) is 28.9. The summed E-state index contributed by atoms with van der Waals surface area (Å²) in [6.45, 7) is 9.10. The molecule has 0 fully saturated rings. The Morgan fingerprint density at radius 1 is 0.923 bits per heavy atom. The lowest BCUT2D eigenvalue weighted by Gasteiger charge is -2.33. The summed E-state index contributed by atoms with van der Waals surface area (Å²) in [6, 6.07) is 14.4. The second kappa shape index (κ2) is 12.9. The van der Waals surface area contributed by atoms with E-state index in [-0.39, 0.29) is 36.6 Å². The van der Waals surface area contributed by atoms with Gasteiger partial charge in [0.1, 0.15) is 12.6 Å². The number of carbonyl (C=O) groups excluding carboxylic acids is 3. The lowest BCUT2D eigenvalue weighted by molar-refractivity contribution is -0.145. The van der Waals surface area contributed by atoms with Crippen LogP contribution in [0.4, 0.5) is 4.79 Å². The van der Waals surface area contributed by atoms with Crippen molar-refractivity contribution < 1.29 is 29.0 Å². The summed E-state index contributed by atoms with van der Waals surface area (Å²) in [5, 5.41) is 12.0. The lowest BCUT2D eigenvalue weighted by Crippen LogP contribution is -2.54. The number of hydrogen-bond donors (Lipinski definition) is 2. The minimum atomic E-state index is -1.06. The maximum atomic E-state index is 13.5. The van der Waals surface area contributed by atoms with E-state index in [1.165, 1.54) is 18.9 Å². The number of carboxylic acid groups (broad SMARTS) is 1. The highest BCUT2D eigenvalue weighted by molar-refractivity contribution is 5.93. The third kappa shape index (κ3) is 7.05. The van der Waals surface area contributed by atoms with Crippen molar-refractivity contribution in [2.45, 2.75) is 65.5 Å². The Balaban J connectivity index is 1.70. The molecular weight excluding hydrogens is 496 g/mol. The minimum absolute atomic E-state index is 0.0990. The molecule has 2 aromatic rings. The molecule has 210 valence electrons. The molecular formula is C31H40N2O6. The summed E-state index contributed by atoms with van der Waals surface area (Å²) in [5.74, 6) is -2.91. The molecule has 0 bridgehead atoms. The molecule has 0 radical (unpaired) electrons. The second-order valence-electron chi connectivity index (χ2n) is 11.2. The Morgan fingerprint density at radius 3 is 1.95 bits per heavy atom. The highest BCUT2D eigenvalue weighted by atomic mass is 16.5. The van der Waals surface area contributed by atoms with Gasteiger partial charge in [0.15, 0.2) is 5.78 Å². The Labute approximate surface area is 230 Å². The molecule has 8 heteroatoms. The number of hydrogen-bond acceptors (Lipinski definition) is 5.